The Labute approximate surface area is 99.1 Å². The number of nitrogen functional groups attached to an aromatic ring is 1. The molecule has 0 saturated heterocycles. The van der Waals surface area contributed by atoms with Crippen molar-refractivity contribution in [3.05, 3.63) is 29.4 Å². The molecule has 0 aliphatic carbocycles. The van der Waals surface area contributed by atoms with Crippen LogP contribution in [0.5, 0.6) is 0 Å². The van der Waals surface area contributed by atoms with Crippen LogP contribution >= 0.6 is 15.9 Å². The summed E-state index contributed by atoms with van der Waals surface area (Å²) in [5.41, 5.74) is 6.31. The fourth-order valence-corrected chi connectivity index (χ4v) is 2.01. The Morgan fingerprint density at radius 2 is 2.40 bits per heavy atom. The van der Waals surface area contributed by atoms with Gasteiger partial charge in [0.25, 0.3) is 0 Å². The van der Waals surface area contributed by atoms with Crippen LogP contribution in [0.3, 0.4) is 0 Å². The molecular weight excluding hydrogens is 254 g/mol. The van der Waals surface area contributed by atoms with Crippen molar-refractivity contribution in [3.63, 3.8) is 0 Å². The van der Waals surface area contributed by atoms with E-state index in [4.69, 9.17) is 5.73 Å². The van der Waals surface area contributed by atoms with Crippen LogP contribution in [0.15, 0.2) is 29.4 Å². The number of rotatable bonds is 5. The number of aromatic nitrogens is 1. The summed E-state index contributed by atoms with van der Waals surface area (Å²) in [6.45, 7) is 7.64. The van der Waals surface area contributed by atoms with Crippen LogP contribution in [0, 0.1) is 0 Å². The van der Waals surface area contributed by atoms with Crippen molar-refractivity contribution in [1.82, 2.24) is 4.98 Å². The summed E-state index contributed by atoms with van der Waals surface area (Å²) in [5, 5.41) is 0. The maximum Gasteiger partial charge on any atom is 0.143 e. The quantitative estimate of drug-likeness (QED) is 0.836. The van der Waals surface area contributed by atoms with Gasteiger partial charge in [0.2, 0.25) is 0 Å². The molecule has 0 saturated carbocycles. The second kappa shape index (κ2) is 5.75. The zero-order chi connectivity index (χ0) is 11.3. The molecule has 4 heteroatoms. The normalized spacial score (nSPS) is 10.0. The third-order valence-corrected chi connectivity index (χ3v) is 2.57. The van der Waals surface area contributed by atoms with Crippen molar-refractivity contribution in [2.75, 3.05) is 23.7 Å². The van der Waals surface area contributed by atoms with Crippen molar-refractivity contribution in [2.24, 2.45) is 0 Å². The lowest BCUT2D eigenvalue weighted by Gasteiger charge is -2.22. The summed E-state index contributed by atoms with van der Waals surface area (Å²) in [7, 11) is 0. The maximum atomic E-state index is 5.64. The molecule has 0 unspecified atom stereocenters. The topological polar surface area (TPSA) is 42.2 Å². The van der Waals surface area contributed by atoms with Gasteiger partial charge in [-0.15, -0.1) is 6.58 Å². The van der Waals surface area contributed by atoms with E-state index in [-0.39, 0.29) is 0 Å². The molecule has 0 aromatic carbocycles. The van der Waals surface area contributed by atoms with Crippen molar-refractivity contribution in [3.8, 4) is 0 Å². The Morgan fingerprint density at radius 1 is 1.67 bits per heavy atom. The Bertz CT molecular complexity index is 339. The molecule has 0 radical (unpaired) electrons. The minimum atomic E-state index is 0.667. The highest BCUT2D eigenvalue weighted by molar-refractivity contribution is 9.10. The van der Waals surface area contributed by atoms with E-state index in [1.165, 1.54) is 0 Å². The largest absolute Gasteiger partial charge is 0.397 e. The number of hydrogen-bond acceptors (Lipinski definition) is 3. The second-order valence-corrected chi connectivity index (χ2v) is 4.16. The minimum Gasteiger partial charge on any atom is -0.397 e. The van der Waals surface area contributed by atoms with Gasteiger partial charge < -0.3 is 10.6 Å². The van der Waals surface area contributed by atoms with Gasteiger partial charge >= 0.3 is 0 Å². The number of nitrogens with zero attached hydrogens (tertiary/aromatic N) is 2. The molecule has 0 amide bonds. The summed E-state index contributed by atoms with van der Waals surface area (Å²) >= 11 is 3.47. The van der Waals surface area contributed by atoms with Crippen molar-refractivity contribution >= 4 is 27.4 Å². The predicted molar refractivity (Wildman–Crippen MR) is 69.1 cm³/mol. The summed E-state index contributed by atoms with van der Waals surface area (Å²) in [6, 6.07) is 1.87. The summed E-state index contributed by atoms with van der Waals surface area (Å²) < 4.78 is 0.929. The SMILES string of the molecule is C=CCN(CCC)c1ncc(N)cc1Br. The lowest BCUT2D eigenvalue weighted by molar-refractivity contribution is 0.800. The Kier molecular flexibility index (Phi) is 4.62. The number of hydrogen-bond donors (Lipinski definition) is 1. The van der Waals surface area contributed by atoms with Crippen LogP contribution in [-0.2, 0) is 0 Å². The van der Waals surface area contributed by atoms with Crippen LogP contribution < -0.4 is 10.6 Å². The minimum absolute atomic E-state index is 0.667. The van der Waals surface area contributed by atoms with Gasteiger partial charge in [-0.1, -0.05) is 13.0 Å². The molecule has 1 aromatic heterocycles. The highest BCUT2D eigenvalue weighted by Crippen LogP contribution is 2.25. The summed E-state index contributed by atoms with van der Waals surface area (Å²) in [5.74, 6) is 0.922. The van der Waals surface area contributed by atoms with Crippen LogP contribution in [0.25, 0.3) is 0 Å². The highest BCUT2D eigenvalue weighted by Gasteiger charge is 2.09. The molecule has 0 fully saturated rings. The van der Waals surface area contributed by atoms with E-state index in [1.807, 2.05) is 12.1 Å². The van der Waals surface area contributed by atoms with E-state index in [0.717, 1.165) is 29.8 Å². The molecule has 0 spiro atoms. The molecule has 82 valence electrons. The molecular formula is C11H16BrN3. The zero-order valence-corrected chi connectivity index (χ0v) is 10.5. The molecule has 0 bridgehead atoms. The number of halogens is 1. The van der Waals surface area contributed by atoms with E-state index < -0.39 is 0 Å². The summed E-state index contributed by atoms with van der Waals surface area (Å²) in [6.07, 6.45) is 4.62. The molecule has 0 atom stereocenters. The fourth-order valence-electron chi connectivity index (χ4n) is 1.39. The highest BCUT2D eigenvalue weighted by atomic mass is 79.9. The third kappa shape index (κ3) is 3.23. The van der Waals surface area contributed by atoms with Crippen molar-refractivity contribution < 1.29 is 0 Å². The maximum absolute atomic E-state index is 5.64. The van der Waals surface area contributed by atoms with Gasteiger partial charge in [0, 0.05) is 13.1 Å². The molecule has 3 nitrogen and oxygen atoms in total. The fraction of sp³-hybridized carbons (Fsp3) is 0.364. The average Bonchev–Trinajstić information content (AvgIpc) is 2.17. The van der Waals surface area contributed by atoms with Gasteiger partial charge in [-0.3, -0.25) is 0 Å². The van der Waals surface area contributed by atoms with E-state index in [0.29, 0.717) is 5.69 Å². The first-order valence-electron chi connectivity index (χ1n) is 4.96. The zero-order valence-electron chi connectivity index (χ0n) is 8.91. The molecule has 1 rings (SSSR count). The van der Waals surface area contributed by atoms with Crippen LogP contribution in [0.2, 0.25) is 0 Å². The number of anilines is 2. The molecule has 0 aliphatic rings. The van der Waals surface area contributed by atoms with E-state index in [2.05, 4.69) is 39.3 Å². The van der Waals surface area contributed by atoms with Gasteiger partial charge in [-0.2, -0.15) is 0 Å². The molecule has 15 heavy (non-hydrogen) atoms. The van der Waals surface area contributed by atoms with Gasteiger partial charge in [0.1, 0.15) is 5.82 Å². The number of nitrogens with two attached hydrogens (primary N) is 1. The standard InChI is InChI=1S/C11H16BrN3/c1-3-5-15(6-4-2)11-10(12)7-9(13)8-14-11/h3,7-8H,1,4-6,13H2,2H3. The van der Waals surface area contributed by atoms with Crippen molar-refractivity contribution in [2.45, 2.75) is 13.3 Å². The molecule has 1 aromatic rings. The third-order valence-electron chi connectivity index (χ3n) is 1.99. The first-order chi connectivity index (χ1) is 7.19. The average molecular weight is 270 g/mol. The van der Waals surface area contributed by atoms with Gasteiger partial charge in [-0.05, 0) is 28.4 Å². The van der Waals surface area contributed by atoms with E-state index in [9.17, 15) is 0 Å². The molecule has 1 heterocycles. The van der Waals surface area contributed by atoms with Crippen molar-refractivity contribution in [1.29, 1.82) is 0 Å². The smallest absolute Gasteiger partial charge is 0.143 e. The Morgan fingerprint density at radius 3 is 2.93 bits per heavy atom. The first-order valence-corrected chi connectivity index (χ1v) is 5.75. The van der Waals surface area contributed by atoms with Gasteiger partial charge in [0.15, 0.2) is 0 Å². The number of pyridine rings is 1. The second-order valence-electron chi connectivity index (χ2n) is 3.31. The summed E-state index contributed by atoms with van der Waals surface area (Å²) in [4.78, 5) is 6.48. The van der Waals surface area contributed by atoms with Gasteiger partial charge in [-0.25, -0.2) is 4.98 Å². The van der Waals surface area contributed by atoms with Crippen LogP contribution in [0.1, 0.15) is 13.3 Å². The molecule has 0 aliphatic heterocycles. The monoisotopic (exact) mass is 269 g/mol. The molecule has 2 N–H and O–H groups in total. The Hall–Kier alpha value is -1.03. The lowest BCUT2D eigenvalue weighted by atomic mass is 10.3. The Balaban J connectivity index is 2.94. The lowest BCUT2D eigenvalue weighted by Crippen LogP contribution is -2.25. The van der Waals surface area contributed by atoms with Gasteiger partial charge in [0.05, 0.1) is 16.4 Å². The van der Waals surface area contributed by atoms with Crippen LogP contribution in [-0.4, -0.2) is 18.1 Å². The predicted octanol–water partition coefficient (Wildman–Crippen LogP) is 2.83. The van der Waals surface area contributed by atoms with E-state index >= 15 is 0 Å². The van der Waals surface area contributed by atoms with Crippen LogP contribution in [0.4, 0.5) is 11.5 Å². The van der Waals surface area contributed by atoms with E-state index in [1.54, 1.807) is 6.20 Å². The first kappa shape index (κ1) is 12.0.